The number of piperidine rings is 1. The zero-order valence-corrected chi connectivity index (χ0v) is 9.93. The van der Waals surface area contributed by atoms with Crippen LogP contribution in [-0.4, -0.2) is 29.4 Å². The molecule has 2 fully saturated rings. The van der Waals surface area contributed by atoms with Crippen molar-refractivity contribution in [1.29, 1.82) is 0 Å². The predicted molar refractivity (Wildman–Crippen MR) is 60.3 cm³/mol. The van der Waals surface area contributed by atoms with E-state index in [0.29, 0.717) is 0 Å². The van der Waals surface area contributed by atoms with Gasteiger partial charge in [0, 0.05) is 17.9 Å². The van der Waals surface area contributed by atoms with Gasteiger partial charge in [0.1, 0.15) is 0 Å². The van der Waals surface area contributed by atoms with E-state index in [1.807, 2.05) is 0 Å². The number of likely N-dealkylation sites (tertiary alicyclic amines) is 1. The van der Waals surface area contributed by atoms with Crippen LogP contribution in [-0.2, 0) is 0 Å². The third kappa shape index (κ3) is 2.47. The fraction of sp³-hybridized carbons (Fsp3) is 1.00. The van der Waals surface area contributed by atoms with Gasteiger partial charge >= 0.3 is 0 Å². The summed E-state index contributed by atoms with van der Waals surface area (Å²) < 4.78 is 0. The normalized spacial score (nSPS) is 33.0. The number of alkyl halides is 1. The van der Waals surface area contributed by atoms with Crippen molar-refractivity contribution in [3.05, 3.63) is 0 Å². The Morgan fingerprint density at radius 3 is 2.69 bits per heavy atom. The molecule has 2 atom stereocenters. The lowest BCUT2D eigenvalue weighted by Crippen LogP contribution is -2.32. The molecule has 2 unspecified atom stereocenters. The zero-order chi connectivity index (χ0) is 9.10. The summed E-state index contributed by atoms with van der Waals surface area (Å²) in [7, 11) is 0. The molecule has 0 aromatic rings. The summed E-state index contributed by atoms with van der Waals surface area (Å²) in [6.07, 6.45) is 8.68. The van der Waals surface area contributed by atoms with Gasteiger partial charge in [0.25, 0.3) is 0 Å². The quantitative estimate of drug-likeness (QED) is 0.532. The molecule has 0 aromatic carbocycles. The largest absolute Gasteiger partial charge is 0.300 e. The van der Waals surface area contributed by atoms with E-state index >= 15 is 0 Å². The number of hydrogen-bond donors (Lipinski definition) is 0. The highest BCUT2D eigenvalue weighted by molar-refractivity contribution is 9.09. The number of rotatable bonds is 5. The summed E-state index contributed by atoms with van der Waals surface area (Å²) >= 11 is 3.48. The second-order valence-corrected chi connectivity index (χ2v) is 5.37. The third-order valence-corrected chi connectivity index (χ3v) is 4.16. The summed E-state index contributed by atoms with van der Waals surface area (Å²) in [5, 5.41) is 1.18. The minimum atomic E-state index is 0.981. The van der Waals surface area contributed by atoms with Crippen LogP contribution in [0.25, 0.3) is 0 Å². The lowest BCUT2D eigenvalue weighted by atomic mass is 10.1. The van der Waals surface area contributed by atoms with Crippen molar-refractivity contribution in [2.45, 2.75) is 44.6 Å². The Kier molecular flexibility index (Phi) is 3.67. The minimum absolute atomic E-state index is 0.981. The van der Waals surface area contributed by atoms with Crippen molar-refractivity contribution in [3.63, 3.8) is 0 Å². The number of nitrogens with zero attached hydrogens (tertiary/aromatic N) is 1. The fourth-order valence-electron chi connectivity index (χ4n) is 2.89. The molecule has 1 aliphatic heterocycles. The van der Waals surface area contributed by atoms with Gasteiger partial charge in [0.2, 0.25) is 0 Å². The lowest BCUT2D eigenvalue weighted by molar-refractivity contribution is 0.210. The Hall–Kier alpha value is 0.440. The second kappa shape index (κ2) is 4.79. The maximum absolute atomic E-state index is 3.48. The van der Waals surface area contributed by atoms with Gasteiger partial charge in [0.05, 0.1) is 0 Å². The monoisotopic (exact) mass is 245 g/mol. The van der Waals surface area contributed by atoms with Crippen LogP contribution in [0.3, 0.4) is 0 Å². The van der Waals surface area contributed by atoms with E-state index in [1.165, 1.54) is 56.9 Å². The Bertz CT molecular complexity index is 160. The van der Waals surface area contributed by atoms with Gasteiger partial charge in [-0.25, -0.2) is 0 Å². The van der Waals surface area contributed by atoms with Gasteiger partial charge in [0.15, 0.2) is 0 Å². The molecule has 1 heterocycles. The zero-order valence-electron chi connectivity index (χ0n) is 8.34. The maximum atomic E-state index is 3.48. The molecule has 2 heteroatoms. The summed E-state index contributed by atoms with van der Waals surface area (Å²) in [4.78, 5) is 2.74. The number of hydrogen-bond acceptors (Lipinski definition) is 1. The molecule has 0 amide bonds. The molecule has 0 aromatic heterocycles. The lowest BCUT2D eigenvalue weighted by Gasteiger charge is -2.26. The highest BCUT2D eigenvalue weighted by Gasteiger charge is 2.36. The van der Waals surface area contributed by atoms with Crippen molar-refractivity contribution < 1.29 is 0 Å². The summed E-state index contributed by atoms with van der Waals surface area (Å²) in [6, 6.07) is 0.981. The van der Waals surface area contributed by atoms with E-state index in [4.69, 9.17) is 0 Å². The number of halogens is 1. The molecule has 0 N–H and O–H groups in total. The fourth-order valence-corrected chi connectivity index (χ4v) is 3.28. The van der Waals surface area contributed by atoms with Crippen molar-refractivity contribution in [3.8, 4) is 0 Å². The van der Waals surface area contributed by atoms with Crippen LogP contribution in [0.5, 0.6) is 0 Å². The van der Waals surface area contributed by atoms with E-state index in [0.717, 1.165) is 12.0 Å². The molecular weight excluding hydrogens is 226 g/mol. The van der Waals surface area contributed by atoms with Gasteiger partial charge in [-0.3, -0.25) is 0 Å². The van der Waals surface area contributed by atoms with Crippen LogP contribution in [0.1, 0.15) is 38.5 Å². The molecular formula is C11H20BrN. The van der Waals surface area contributed by atoms with Gasteiger partial charge in [-0.05, 0) is 44.6 Å². The van der Waals surface area contributed by atoms with Gasteiger partial charge < -0.3 is 4.90 Å². The summed E-state index contributed by atoms with van der Waals surface area (Å²) in [6.45, 7) is 2.78. The molecule has 1 nitrogen and oxygen atoms in total. The number of unbranched alkanes of at least 4 members (excludes halogenated alkanes) is 2. The van der Waals surface area contributed by atoms with Crippen LogP contribution >= 0.6 is 15.9 Å². The van der Waals surface area contributed by atoms with Crippen molar-refractivity contribution in [1.82, 2.24) is 4.90 Å². The first kappa shape index (κ1) is 9.97. The van der Waals surface area contributed by atoms with Crippen LogP contribution in [0, 0.1) is 5.92 Å². The second-order valence-electron chi connectivity index (χ2n) is 4.58. The smallest absolute Gasteiger partial charge is 0.00985 e. The minimum Gasteiger partial charge on any atom is -0.300 e. The highest BCUT2D eigenvalue weighted by atomic mass is 79.9. The Balaban J connectivity index is 1.60. The topological polar surface area (TPSA) is 3.24 Å². The molecule has 2 aliphatic rings. The van der Waals surface area contributed by atoms with Crippen LogP contribution in [0.4, 0.5) is 0 Å². The molecule has 0 spiro atoms. The average molecular weight is 246 g/mol. The van der Waals surface area contributed by atoms with E-state index in [2.05, 4.69) is 20.8 Å². The third-order valence-electron chi connectivity index (χ3n) is 3.60. The van der Waals surface area contributed by atoms with Crippen LogP contribution < -0.4 is 0 Å². The number of fused-ring (bicyclic) bond motifs is 2. The molecule has 2 rings (SSSR count). The molecule has 0 radical (unpaired) electrons. The molecule has 1 saturated carbocycles. The van der Waals surface area contributed by atoms with Crippen LogP contribution in [0.15, 0.2) is 0 Å². The molecule has 13 heavy (non-hydrogen) atoms. The van der Waals surface area contributed by atoms with E-state index in [1.54, 1.807) is 0 Å². The summed E-state index contributed by atoms with van der Waals surface area (Å²) in [5.41, 5.74) is 0. The molecule has 1 saturated heterocycles. The maximum Gasteiger partial charge on any atom is 0.00985 e. The Morgan fingerprint density at radius 2 is 2.08 bits per heavy atom. The van der Waals surface area contributed by atoms with E-state index in [-0.39, 0.29) is 0 Å². The molecule has 76 valence electrons. The Morgan fingerprint density at radius 1 is 1.15 bits per heavy atom. The SMILES string of the molecule is BrCCCCCN1CC2CCC1C2. The van der Waals surface area contributed by atoms with Gasteiger partial charge in [-0.2, -0.15) is 0 Å². The molecule has 2 bridgehead atoms. The van der Waals surface area contributed by atoms with Crippen molar-refractivity contribution in [2.75, 3.05) is 18.4 Å². The highest BCUT2D eigenvalue weighted by Crippen LogP contribution is 2.37. The van der Waals surface area contributed by atoms with Gasteiger partial charge in [-0.1, -0.05) is 22.4 Å². The van der Waals surface area contributed by atoms with Gasteiger partial charge in [-0.15, -0.1) is 0 Å². The molecule has 1 aliphatic carbocycles. The van der Waals surface area contributed by atoms with Crippen molar-refractivity contribution >= 4 is 15.9 Å². The Labute approximate surface area is 90.0 Å². The first-order valence-corrected chi connectivity index (χ1v) is 6.82. The van der Waals surface area contributed by atoms with Crippen molar-refractivity contribution in [2.24, 2.45) is 5.92 Å². The first-order chi connectivity index (χ1) is 6.40. The van der Waals surface area contributed by atoms with E-state index in [9.17, 15) is 0 Å². The van der Waals surface area contributed by atoms with Crippen LogP contribution in [0.2, 0.25) is 0 Å². The standard InChI is InChI=1S/C11H20BrN/c12-6-2-1-3-7-13-9-10-4-5-11(13)8-10/h10-11H,1-9H2. The summed E-state index contributed by atoms with van der Waals surface area (Å²) in [5.74, 6) is 1.07. The predicted octanol–water partition coefficient (Wildman–Crippen LogP) is 3.04. The van der Waals surface area contributed by atoms with E-state index < -0.39 is 0 Å². The first-order valence-electron chi connectivity index (χ1n) is 5.70. The average Bonchev–Trinajstić information content (AvgIpc) is 2.73.